The molecule has 1 N–H and O–H groups in total. The van der Waals surface area contributed by atoms with E-state index in [1.54, 1.807) is 11.1 Å². The minimum atomic E-state index is 0.101. The van der Waals surface area contributed by atoms with Crippen molar-refractivity contribution >= 4 is 5.91 Å². The van der Waals surface area contributed by atoms with Crippen LogP contribution in [-0.4, -0.2) is 40.0 Å². The Morgan fingerprint density at radius 3 is 2.81 bits per heavy atom. The monoisotopic (exact) mass is 224 g/mol. The number of carbonyl (C=O) groups is 1. The third kappa shape index (κ3) is 3.34. The third-order valence-corrected chi connectivity index (χ3v) is 2.65. The van der Waals surface area contributed by atoms with Crippen molar-refractivity contribution in [1.29, 1.82) is 0 Å². The fraction of sp³-hybridized carbons (Fsp3) is 0.636. The molecule has 90 valence electrons. The van der Waals surface area contributed by atoms with Gasteiger partial charge in [0.25, 0.3) is 0 Å². The van der Waals surface area contributed by atoms with Crippen LogP contribution in [0.2, 0.25) is 0 Å². The van der Waals surface area contributed by atoms with Gasteiger partial charge in [-0.1, -0.05) is 0 Å². The summed E-state index contributed by atoms with van der Waals surface area (Å²) in [5, 5.41) is 3.09. The zero-order valence-electron chi connectivity index (χ0n) is 10.4. The smallest absolute Gasteiger partial charge is 0.236 e. The number of likely N-dealkylation sites (N-methyl/N-ethyl adjacent to an activating group) is 1. The Morgan fingerprint density at radius 1 is 1.62 bits per heavy atom. The number of aryl methyl sites for hydroxylation is 1. The van der Waals surface area contributed by atoms with E-state index in [-0.39, 0.29) is 11.9 Å². The van der Waals surface area contributed by atoms with Crippen molar-refractivity contribution in [2.24, 2.45) is 7.05 Å². The highest BCUT2D eigenvalue weighted by molar-refractivity contribution is 5.78. The second kappa shape index (κ2) is 5.65. The number of amides is 1. The zero-order chi connectivity index (χ0) is 12.1. The zero-order valence-corrected chi connectivity index (χ0v) is 10.4. The molecule has 0 atom stereocenters. The summed E-state index contributed by atoms with van der Waals surface area (Å²) < 4.78 is 1.93. The van der Waals surface area contributed by atoms with Crippen LogP contribution < -0.4 is 5.32 Å². The second-order valence-electron chi connectivity index (χ2n) is 4.16. The average Bonchev–Trinajstić information content (AvgIpc) is 2.63. The van der Waals surface area contributed by atoms with E-state index in [4.69, 9.17) is 0 Å². The predicted molar refractivity (Wildman–Crippen MR) is 62.8 cm³/mol. The van der Waals surface area contributed by atoms with E-state index in [1.165, 1.54) is 0 Å². The van der Waals surface area contributed by atoms with E-state index in [9.17, 15) is 4.79 Å². The maximum absolute atomic E-state index is 11.6. The lowest BCUT2D eigenvalue weighted by atomic mass is 10.3. The normalized spacial score (nSPS) is 10.8. The first kappa shape index (κ1) is 12.7. The van der Waals surface area contributed by atoms with Crippen molar-refractivity contribution in [1.82, 2.24) is 19.8 Å². The minimum absolute atomic E-state index is 0.101. The van der Waals surface area contributed by atoms with Gasteiger partial charge in [0.1, 0.15) is 5.82 Å². The maximum Gasteiger partial charge on any atom is 0.236 e. The first-order valence-electron chi connectivity index (χ1n) is 5.45. The van der Waals surface area contributed by atoms with Gasteiger partial charge < -0.3 is 14.8 Å². The van der Waals surface area contributed by atoms with Crippen molar-refractivity contribution in [3.05, 3.63) is 18.2 Å². The Balaban J connectivity index is 2.31. The molecule has 0 aliphatic rings. The number of hydrogen-bond acceptors (Lipinski definition) is 3. The third-order valence-electron chi connectivity index (χ3n) is 2.65. The molecule has 1 rings (SSSR count). The van der Waals surface area contributed by atoms with E-state index >= 15 is 0 Å². The van der Waals surface area contributed by atoms with E-state index in [0.29, 0.717) is 13.1 Å². The average molecular weight is 224 g/mol. The van der Waals surface area contributed by atoms with Gasteiger partial charge in [-0.3, -0.25) is 4.79 Å². The van der Waals surface area contributed by atoms with Crippen LogP contribution in [0.1, 0.15) is 19.7 Å². The Kier molecular flexibility index (Phi) is 4.49. The molecule has 0 aliphatic carbocycles. The van der Waals surface area contributed by atoms with Crippen LogP contribution in [0, 0.1) is 0 Å². The van der Waals surface area contributed by atoms with Crippen molar-refractivity contribution in [2.45, 2.75) is 26.4 Å². The summed E-state index contributed by atoms with van der Waals surface area (Å²) in [5.41, 5.74) is 0. The number of hydrogen-bond donors (Lipinski definition) is 1. The van der Waals surface area contributed by atoms with Gasteiger partial charge in [0.15, 0.2) is 0 Å². The van der Waals surface area contributed by atoms with Crippen LogP contribution in [0.3, 0.4) is 0 Å². The molecule has 0 saturated heterocycles. The molecule has 0 aromatic carbocycles. The molecule has 1 aromatic heterocycles. The molecular weight excluding hydrogens is 204 g/mol. The van der Waals surface area contributed by atoms with E-state index in [1.807, 2.05) is 38.7 Å². The summed E-state index contributed by atoms with van der Waals surface area (Å²) in [6, 6.07) is 0.238. The van der Waals surface area contributed by atoms with E-state index in [0.717, 1.165) is 5.82 Å². The number of nitrogens with zero attached hydrogens (tertiary/aromatic N) is 3. The van der Waals surface area contributed by atoms with Gasteiger partial charge in [-0.15, -0.1) is 0 Å². The first-order valence-corrected chi connectivity index (χ1v) is 5.45. The minimum Gasteiger partial charge on any atom is -0.342 e. The molecule has 1 amide bonds. The molecule has 0 radical (unpaired) electrons. The SMILES string of the molecule is CC(C)N(C)C(=O)CNCc1nccn1C. The van der Waals surface area contributed by atoms with Crippen molar-refractivity contribution in [3.63, 3.8) is 0 Å². The molecule has 16 heavy (non-hydrogen) atoms. The fourth-order valence-corrected chi connectivity index (χ4v) is 1.26. The van der Waals surface area contributed by atoms with Crippen LogP contribution >= 0.6 is 0 Å². The second-order valence-corrected chi connectivity index (χ2v) is 4.16. The summed E-state index contributed by atoms with van der Waals surface area (Å²) in [7, 11) is 3.75. The quantitative estimate of drug-likeness (QED) is 0.786. The van der Waals surface area contributed by atoms with Gasteiger partial charge in [0.2, 0.25) is 5.91 Å². The summed E-state index contributed by atoms with van der Waals surface area (Å²) in [4.78, 5) is 17.5. The number of aromatic nitrogens is 2. The highest BCUT2D eigenvalue weighted by Gasteiger charge is 2.11. The lowest BCUT2D eigenvalue weighted by Gasteiger charge is -2.21. The van der Waals surface area contributed by atoms with Crippen molar-refractivity contribution < 1.29 is 4.79 Å². The van der Waals surface area contributed by atoms with Crippen molar-refractivity contribution in [2.75, 3.05) is 13.6 Å². The van der Waals surface area contributed by atoms with Crippen LogP contribution in [-0.2, 0) is 18.4 Å². The topological polar surface area (TPSA) is 50.2 Å². The predicted octanol–water partition coefficient (Wildman–Crippen LogP) is 0.376. The molecule has 5 heteroatoms. The molecule has 0 unspecified atom stereocenters. The number of nitrogens with one attached hydrogen (secondary N) is 1. The fourth-order valence-electron chi connectivity index (χ4n) is 1.26. The maximum atomic E-state index is 11.6. The molecule has 1 aromatic rings. The van der Waals surface area contributed by atoms with Gasteiger partial charge in [-0.2, -0.15) is 0 Å². The standard InChI is InChI=1S/C11H20N4O/c1-9(2)15(4)11(16)8-12-7-10-13-5-6-14(10)3/h5-6,9,12H,7-8H2,1-4H3. The molecule has 1 heterocycles. The van der Waals surface area contributed by atoms with Gasteiger partial charge in [-0.05, 0) is 13.8 Å². The molecule has 0 fully saturated rings. The highest BCUT2D eigenvalue weighted by atomic mass is 16.2. The van der Waals surface area contributed by atoms with Crippen LogP contribution in [0.4, 0.5) is 0 Å². The summed E-state index contributed by atoms with van der Waals surface area (Å²) in [5.74, 6) is 1.03. The van der Waals surface area contributed by atoms with Gasteiger partial charge in [0, 0.05) is 32.5 Å². The first-order chi connectivity index (χ1) is 7.52. The van der Waals surface area contributed by atoms with E-state index < -0.39 is 0 Å². The largest absolute Gasteiger partial charge is 0.342 e. The van der Waals surface area contributed by atoms with Crippen LogP contribution in [0.15, 0.2) is 12.4 Å². The molecule has 0 saturated carbocycles. The molecule has 0 aliphatic heterocycles. The van der Waals surface area contributed by atoms with Crippen LogP contribution in [0.5, 0.6) is 0 Å². The van der Waals surface area contributed by atoms with Gasteiger partial charge >= 0.3 is 0 Å². The molecule has 0 bridgehead atoms. The summed E-state index contributed by atoms with van der Waals surface area (Å²) in [6.45, 7) is 4.95. The van der Waals surface area contributed by atoms with Crippen LogP contribution in [0.25, 0.3) is 0 Å². The lowest BCUT2D eigenvalue weighted by Crippen LogP contribution is -2.39. The number of rotatable bonds is 5. The summed E-state index contributed by atoms with van der Waals surface area (Å²) >= 11 is 0. The molecular formula is C11H20N4O. The molecule has 0 spiro atoms. The van der Waals surface area contributed by atoms with Gasteiger partial charge in [-0.25, -0.2) is 4.98 Å². The van der Waals surface area contributed by atoms with Gasteiger partial charge in [0.05, 0.1) is 13.1 Å². The Hall–Kier alpha value is -1.36. The number of imidazole rings is 1. The highest BCUT2D eigenvalue weighted by Crippen LogP contribution is 1.95. The number of carbonyl (C=O) groups excluding carboxylic acids is 1. The Morgan fingerprint density at radius 2 is 2.31 bits per heavy atom. The molecule has 5 nitrogen and oxygen atoms in total. The lowest BCUT2D eigenvalue weighted by molar-refractivity contribution is -0.130. The Bertz CT molecular complexity index is 346. The Labute approximate surface area is 96.5 Å². The van der Waals surface area contributed by atoms with E-state index in [2.05, 4.69) is 10.3 Å². The summed E-state index contributed by atoms with van der Waals surface area (Å²) in [6.07, 6.45) is 3.64. The van der Waals surface area contributed by atoms with Crippen molar-refractivity contribution in [3.8, 4) is 0 Å².